The van der Waals surface area contributed by atoms with E-state index >= 15 is 0 Å². The van der Waals surface area contributed by atoms with Crippen LogP contribution in [0.4, 0.5) is 11.5 Å². The largest absolute Gasteiger partial charge is 0.353 e. The minimum Gasteiger partial charge on any atom is -0.353 e. The SMILES string of the molecule is Cc1nn(-c2ccccc2)c(Cl)c1C(=O)N1CCN(c2ccc([N+](=O)[O-])cn2)CC1. The van der Waals surface area contributed by atoms with Crippen molar-refractivity contribution >= 4 is 29.0 Å². The van der Waals surface area contributed by atoms with Gasteiger partial charge in [-0.25, -0.2) is 9.67 Å². The molecule has 0 spiro atoms. The molecule has 9 nitrogen and oxygen atoms in total. The second-order valence-electron chi connectivity index (χ2n) is 6.91. The number of aryl methyl sites for hydroxylation is 1. The topological polar surface area (TPSA) is 97.4 Å². The van der Waals surface area contributed by atoms with Crippen molar-refractivity contribution in [2.45, 2.75) is 6.92 Å². The van der Waals surface area contributed by atoms with Crippen molar-refractivity contribution in [3.05, 3.63) is 75.2 Å². The Morgan fingerprint density at radius 3 is 2.40 bits per heavy atom. The highest BCUT2D eigenvalue weighted by Gasteiger charge is 2.28. The average molecular weight is 427 g/mol. The molecule has 1 aliphatic rings. The van der Waals surface area contributed by atoms with Crippen LogP contribution >= 0.6 is 11.6 Å². The smallest absolute Gasteiger partial charge is 0.287 e. The number of benzene rings is 1. The Bertz CT molecular complexity index is 1080. The fourth-order valence-corrected chi connectivity index (χ4v) is 3.81. The lowest BCUT2D eigenvalue weighted by atomic mass is 10.2. The summed E-state index contributed by atoms with van der Waals surface area (Å²) >= 11 is 6.52. The number of amides is 1. The molecule has 2 aromatic heterocycles. The van der Waals surface area contributed by atoms with E-state index in [0.717, 1.165) is 5.69 Å². The number of nitro groups is 1. The summed E-state index contributed by atoms with van der Waals surface area (Å²) in [5, 5.41) is 15.5. The highest BCUT2D eigenvalue weighted by Crippen LogP contribution is 2.26. The molecule has 0 unspecified atom stereocenters. The second kappa shape index (κ2) is 8.11. The molecular formula is C20H19ClN6O3. The third kappa shape index (κ3) is 3.71. The van der Waals surface area contributed by atoms with Gasteiger partial charge in [0.2, 0.25) is 0 Å². The monoisotopic (exact) mass is 426 g/mol. The summed E-state index contributed by atoms with van der Waals surface area (Å²) in [4.78, 5) is 31.3. The molecule has 1 aromatic carbocycles. The van der Waals surface area contributed by atoms with Gasteiger partial charge in [-0.3, -0.25) is 14.9 Å². The number of carbonyl (C=O) groups excluding carboxylic acids is 1. The van der Waals surface area contributed by atoms with Crippen LogP contribution in [0.25, 0.3) is 5.69 Å². The molecule has 0 atom stereocenters. The highest BCUT2D eigenvalue weighted by atomic mass is 35.5. The molecule has 154 valence electrons. The summed E-state index contributed by atoms with van der Waals surface area (Å²) < 4.78 is 1.57. The molecule has 1 aliphatic heterocycles. The third-order valence-electron chi connectivity index (χ3n) is 5.05. The zero-order chi connectivity index (χ0) is 21.3. The van der Waals surface area contributed by atoms with Crippen molar-refractivity contribution < 1.29 is 9.72 Å². The predicted octanol–water partition coefficient (Wildman–Crippen LogP) is 3.10. The van der Waals surface area contributed by atoms with Gasteiger partial charge in [0.15, 0.2) is 0 Å². The molecule has 0 saturated carbocycles. The minimum atomic E-state index is -0.477. The Morgan fingerprint density at radius 1 is 1.10 bits per heavy atom. The summed E-state index contributed by atoms with van der Waals surface area (Å²) in [5.41, 5.74) is 1.72. The van der Waals surface area contributed by atoms with Gasteiger partial charge in [0, 0.05) is 32.2 Å². The van der Waals surface area contributed by atoms with Gasteiger partial charge in [-0.15, -0.1) is 0 Å². The number of halogens is 1. The van der Waals surface area contributed by atoms with E-state index < -0.39 is 4.92 Å². The van der Waals surface area contributed by atoms with Crippen LogP contribution in [0.15, 0.2) is 48.7 Å². The van der Waals surface area contributed by atoms with Gasteiger partial charge in [0.05, 0.1) is 21.9 Å². The molecule has 1 fully saturated rings. The molecule has 3 aromatic rings. The summed E-state index contributed by atoms with van der Waals surface area (Å²) in [7, 11) is 0. The van der Waals surface area contributed by atoms with Crippen molar-refractivity contribution in [1.29, 1.82) is 0 Å². The van der Waals surface area contributed by atoms with Crippen LogP contribution in [0, 0.1) is 17.0 Å². The van der Waals surface area contributed by atoms with E-state index in [4.69, 9.17) is 11.6 Å². The molecule has 0 aliphatic carbocycles. The number of nitrogens with zero attached hydrogens (tertiary/aromatic N) is 6. The van der Waals surface area contributed by atoms with E-state index in [1.165, 1.54) is 12.3 Å². The van der Waals surface area contributed by atoms with Crippen LogP contribution in [-0.2, 0) is 0 Å². The molecule has 4 rings (SSSR count). The van der Waals surface area contributed by atoms with Gasteiger partial charge in [-0.2, -0.15) is 5.10 Å². The number of aromatic nitrogens is 3. The first-order valence-corrected chi connectivity index (χ1v) is 9.78. The number of anilines is 1. The average Bonchev–Trinajstić information content (AvgIpc) is 3.08. The van der Waals surface area contributed by atoms with Gasteiger partial charge in [-0.05, 0) is 25.1 Å². The number of rotatable bonds is 4. The number of pyridine rings is 1. The maximum Gasteiger partial charge on any atom is 0.287 e. The molecule has 0 N–H and O–H groups in total. The van der Waals surface area contributed by atoms with Crippen LogP contribution in [-0.4, -0.2) is 56.7 Å². The number of hydrogen-bond donors (Lipinski definition) is 0. The predicted molar refractivity (Wildman–Crippen MR) is 112 cm³/mol. The normalized spacial score (nSPS) is 14.1. The standard InChI is InChI=1S/C20H19ClN6O3/c1-14-18(19(21)26(23-14)15-5-3-2-4-6-15)20(28)25-11-9-24(10-12-25)17-8-7-16(13-22-17)27(29)30/h2-8,13H,9-12H2,1H3. The Hall–Kier alpha value is -3.46. The lowest BCUT2D eigenvalue weighted by molar-refractivity contribution is -0.385. The van der Waals surface area contributed by atoms with Crippen LogP contribution in [0.5, 0.6) is 0 Å². The molecular weight excluding hydrogens is 408 g/mol. The number of para-hydroxylation sites is 1. The molecule has 0 bridgehead atoms. The van der Waals surface area contributed by atoms with Crippen molar-refractivity contribution in [2.24, 2.45) is 0 Å². The van der Waals surface area contributed by atoms with Crippen molar-refractivity contribution in [3.8, 4) is 5.69 Å². The zero-order valence-electron chi connectivity index (χ0n) is 16.2. The van der Waals surface area contributed by atoms with Crippen LogP contribution in [0.1, 0.15) is 16.1 Å². The molecule has 3 heterocycles. The van der Waals surface area contributed by atoms with Gasteiger partial charge in [0.25, 0.3) is 11.6 Å². The van der Waals surface area contributed by atoms with E-state index in [1.807, 2.05) is 35.2 Å². The quantitative estimate of drug-likeness (QED) is 0.469. The van der Waals surface area contributed by atoms with E-state index in [9.17, 15) is 14.9 Å². The maximum absolute atomic E-state index is 13.1. The van der Waals surface area contributed by atoms with Gasteiger partial charge >= 0.3 is 0 Å². The lowest BCUT2D eigenvalue weighted by Crippen LogP contribution is -2.49. The summed E-state index contributed by atoms with van der Waals surface area (Å²) in [5.74, 6) is 0.495. The second-order valence-corrected chi connectivity index (χ2v) is 7.27. The summed E-state index contributed by atoms with van der Waals surface area (Å²) in [6, 6.07) is 12.5. The van der Waals surface area contributed by atoms with Crippen molar-refractivity contribution in [1.82, 2.24) is 19.7 Å². The van der Waals surface area contributed by atoms with Crippen LogP contribution < -0.4 is 4.90 Å². The minimum absolute atomic E-state index is 0.0480. The Labute approximate surface area is 177 Å². The summed E-state index contributed by atoms with van der Waals surface area (Å²) in [6.45, 7) is 3.89. The Morgan fingerprint density at radius 2 is 1.80 bits per heavy atom. The van der Waals surface area contributed by atoms with E-state index in [-0.39, 0.29) is 11.6 Å². The first-order chi connectivity index (χ1) is 14.5. The first kappa shape index (κ1) is 19.8. The fourth-order valence-electron chi connectivity index (χ4n) is 3.45. The third-order valence-corrected chi connectivity index (χ3v) is 5.40. The molecule has 10 heteroatoms. The van der Waals surface area contributed by atoms with E-state index in [2.05, 4.69) is 10.1 Å². The molecule has 1 saturated heterocycles. The fraction of sp³-hybridized carbons (Fsp3) is 0.250. The van der Waals surface area contributed by atoms with Gasteiger partial charge in [-0.1, -0.05) is 29.8 Å². The first-order valence-electron chi connectivity index (χ1n) is 9.41. The van der Waals surface area contributed by atoms with Crippen molar-refractivity contribution in [2.75, 3.05) is 31.1 Å². The highest BCUT2D eigenvalue weighted by molar-refractivity contribution is 6.33. The molecule has 1 amide bonds. The molecule has 0 radical (unpaired) electrons. The van der Waals surface area contributed by atoms with Crippen LogP contribution in [0.2, 0.25) is 5.15 Å². The zero-order valence-corrected chi connectivity index (χ0v) is 17.0. The number of hydrogen-bond acceptors (Lipinski definition) is 6. The number of piperazine rings is 1. The Balaban J connectivity index is 1.47. The van der Waals surface area contributed by atoms with E-state index in [1.54, 1.807) is 22.6 Å². The Kier molecular flexibility index (Phi) is 5.37. The van der Waals surface area contributed by atoms with Crippen LogP contribution in [0.3, 0.4) is 0 Å². The van der Waals surface area contributed by atoms with Gasteiger partial charge < -0.3 is 9.80 Å². The van der Waals surface area contributed by atoms with Crippen molar-refractivity contribution in [3.63, 3.8) is 0 Å². The lowest BCUT2D eigenvalue weighted by Gasteiger charge is -2.35. The van der Waals surface area contributed by atoms with Gasteiger partial charge in [0.1, 0.15) is 17.2 Å². The molecule has 30 heavy (non-hydrogen) atoms. The summed E-state index contributed by atoms with van der Waals surface area (Å²) in [6.07, 6.45) is 1.24. The maximum atomic E-state index is 13.1. The van der Waals surface area contributed by atoms with E-state index in [0.29, 0.717) is 48.4 Å². The number of carbonyl (C=O) groups is 1.